The minimum Gasteiger partial charge on any atom is -0.497 e. The van der Waals surface area contributed by atoms with E-state index in [4.69, 9.17) is 23.9 Å². The first-order valence-electron chi connectivity index (χ1n) is 11.2. The van der Waals surface area contributed by atoms with Crippen molar-refractivity contribution in [2.24, 2.45) is 5.92 Å². The number of hydrogen-bond donors (Lipinski definition) is 0. The normalized spacial score (nSPS) is 17.5. The molecule has 2 aromatic carbocycles. The van der Waals surface area contributed by atoms with E-state index in [2.05, 4.69) is 0 Å². The van der Waals surface area contributed by atoms with E-state index in [1.807, 2.05) is 28.8 Å². The number of para-hydroxylation sites is 2. The topological polar surface area (TPSA) is 92.1 Å². The first-order chi connectivity index (χ1) is 16.5. The lowest BCUT2D eigenvalue weighted by atomic mass is 9.88. The van der Waals surface area contributed by atoms with E-state index in [9.17, 15) is 9.59 Å². The first kappa shape index (κ1) is 23.6. The Bertz CT molecular complexity index is 1190. The van der Waals surface area contributed by atoms with E-state index in [1.165, 1.54) is 0 Å². The number of carbonyl (C=O) groups excluding carboxylic acids is 2. The van der Waals surface area contributed by atoms with Crippen LogP contribution in [0, 0.1) is 5.92 Å². The number of aromatic nitrogens is 2. The molecule has 3 aromatic rings. The second-order valence-corrected chi connectivity index (χ2v) is 7.89. The number of anilines is 1. The average molecular weight is 468 g/mol. The predicted molar refractivity (Wildman–Crippen MR) is 126 cm³/mol. The predicted octanol–water partition coefficient (Wildman–Crippen LogP) is 3.21. The molecular weight excluding hydrogens is 438 g/mol. The molecule has 4 rings (SSSR count). The number of nitrogens with zero attached hydrogens (tertiary/aromatic N) is 3. The summed E-state index contributed by atoms with van der Waals surface area (Å²) in [7, 11) is 4.73. The number of imidazole rings is 1. The number of ether oxygens (including phenoxy) is 4. The zero-order valence-corrected chi connectivity index (χ0v) is 19.8. The van der Waals surface area contributed by atoms with Crippen LogP contribution in [0.2, 0.25) is 0 Å². The number of fused-ring (bicyclic) bond motifs is 3. The molecule has 0 spiro atoms. The van der Waals surface area contributed by atoms with E-state index in [1.54, 1.807) is 51.4 Å². The van der Waals surface area contributed by atoms with Gasteiger partial charge in [0.2, 0.25) is 11.9 Å². The molecule has 9 nitrogen and oxygen atoms in total. The van der Waals surface area contributed by atoms with Crippen LogP contribution in [0.5, 0.6) is 11.5 Å². The lowest BCUT2D eigenvalue weighted by Crippen LogP contribution is -2.50. The van der Waals surface area contributed by atoms with Crippen molar-refractivity contribution in [3.05, 3.63) is 48.0 Å². The van der Waals surface area contributed by atoms with Crippen molar-refractivity contribution in [3.63, 3.8) is 0 Å². The first-order valence-corrected chi connectivity index (χ1v) is 11.2. The smallest absolute Gasteiger partial charge is 0.321 e. The monoisotopic (exact) mass is 467 g/mol. The SMILES string of the molecule is CCOC(=O)C1C(=O)N(CCCOC)c2nc3ccccc3n2C1c1cc(OC)ccc1OC. The van der Waals surface area contributed by atoms with Gasteiger partial charge in [-0.1, -0.05) is 12.1 Å². The molecule has 1 aliphatic rings. The van der Waals surface area contributed by atoms with Crippen LogP contribution >= 0.6 is 0 Å². The summed E-state index contributed by atoms with van der Waals surface area (Å²) in [6.45, 7) is 2.71. The van der Waals surface area contributed by atoms with Crippen LogP contribution in [0.3, 0.4) is 0 Å². The summed E-state index contributed by atoms with van der Waals surface area (Å²) in [6.07, 6.45) is 0.591. The Balaban J connectivity index is 2.00. The summed E-state index contributed by atoms with van der Waals surface area (Å²) in [5.41, 5.74) is 2.15. The highest BCUT2D eigenvalue weighted by Gasteiger charge is 2.48. The van der Waals surface area contributed by atoms with Crippen LogP contribution in [-0.4, -0.2) is 62.5 Å². The number of rotatable bonds is 9. The van der Waals surface area contributed by atoms with E-state index in [0.29, 0.717) is 42.6 Å². The molecule has 0 bridgehead atoms. The molecule has 1 aliphatic heterocycles. The van der Waals surface area contributed by atoms with E-state index >= 15 is 0 Å². The number of esters is 1. The third-order valence-electron chi connectivity index (χ3n) is 5.97. The van der Waals surface area contributed by atoms with Crippen molar-refractivity contribution in [1.29, 1.82) is 0 Å². The van der Waals surface area contributed by atoms with Gasteiger partial charge in [-0.2, -0.15) is 0 Å². The minimum atomic E-state index is -1.13. The van der Waals surface area contributed by atoms with Gasteiger partial charge in [0.1, 0.15) is 11.5 Å². The quantitative estimate of drug-likeness (QED) is 0.271. The maximum atomic E-state index is 13.9. The van der Waals surface area contributed by atoms with Gasteiger partial charge >= 0.3 is 5.97 Å². The Morgan fingerprint density at radius 3 is 2.59 bits per heavy atom. The van der Waals surface area contributed by atoms with Gasteiger partial charge in [-0.25, -0.2) is 4.98 Å². The molecule has 2 heterocycles. The Hall–Kier alpha value is -3.59. The second-order valence-electron chi connectivity index (χ2n) is 7.89. The molecule has 0 N–H and O–H groups in total. The molecule has 0 saturated carbocycles. The molecular formula is C25H29N3O6. The molecule has 9 heteroatoms. The fraction of sp³-hybridized carbons (Fsp3) is 0.400. The highest BCUT2D eigenvalue weighted by atomic mass is 16.5. The molecule has 2 atom stereocenters. The van der Waals surface area contributed by atoms with E-state index in [0.717, 1.165) is 11.0 Å². The van der Waals surface area contributed by atoms with E-state index < -0.39 is 17.9 Å². The zero-order chi connectivity index (χ0) is 24.2. The summed E-state index contributed by atoms with van der Waals surface area (Å²) in [5, 5.41) is 0. The lowest BCUT2D eigenvalue weighted by Gasteiger charge is -2.38. The largest absolute Gasteiger partial charge is 0.497 e. The number of benzene rings is 2. The van der Waals surface area contributed by atoms with Gasteiger partial charge in [0.25, 0.3) is 0 Å². The molecule has 0 radical (unpaired) electrons. The Morgan fingerprint density at radius 2 is 1.88 bits per heavy atom. The van der Waals surface area contributed by atoms with Crippen molar-refractivity contribution in [2.45, 2.75) is 19.4 Å². The van der Waals surface area contributed by atoms with E-state index in [-0.39, 0.29) is 12.5 Å². The molecule has 180 valence electrons. The Labute approximate surface area is 198 Å². The summed E-state index contributed by atoms with van der Waals surface area (Å²) in [5.74, 6) is -0.509. The zero-order valence-electron chi connectivity index (χ0n) is 19.8. The minimum absolute atomic E-state index is 0.159. The van der Waals surface area contributed by atoms with Crippen LogP contribution in [-0.2, 0) is 19.1 Å². The van der Waals surface area contributed by atoms with Crippen LogP contribution in [0.25, 0.3) is 11.0 Å². The maximum absolute atomic E-state index is 13.9. The Kier molecular flexibility index (Phi) is 7.02. The molecule has 0 saturated heterocycles. The number of amides is 1. The van der Waals surface area contributed by atoms with Gasteiger partial charge < -0.3 is 23.5 Å². The van der Waals surface area contributed by atoms with Crippen molar-refractivity contribution in [3.8, 4) is 11.5 Å². The fourth-order valence-electron chi connectivity index (χ4n) is 4.48. The number of carbonyl (C=O) groups is 2. The fourth-order valence-corrected chi connectivity index (χ4v) is 4.48. The highest BCUT2D eigenvalue weighted by molar-refractivity contribution is 6.08. The van der Waals surface area contributed by atoms with Crippen LogP contribution < -0.4 is 14.4 Å². The third-order valence-corrected chi connectivity index (χ3v) is 5.97. The van der Waals surface area contributed by atoms with Crippen LogP contribution in [0.1, 0.15) is 24.9 Å². The summed E-state index contributed by atoms with van der Waals surface area (Å²) in [6, 6.07) is 12.2. The van der Waals surface area contributed by atoms with Gasteiger partial charge in [-0.05, 0) is 43.7 Å². The summed E-state index contributed by atoms with van der Waals surface area (Å²) in [4.78, 5) is 33.5. The van der Waals surface area contributed by atoms with Crippen molar-refractivity contribution < 1.29 is 28.5 Å². The molecule has 1 aromatic heterocycles. The van der Waals surface area contributed by atoms with Gasteiger partial charge in [0, 0.05) is 25.8 Å². The standard InChI is InChI=1S/C25H29N3O6/c1-5-34-24(30)21-22(17-15-16(32-3)11-12-20(17)33-4)28-19-10-7-6-9-18(19)26-25(28)27(23(21)29)13-8-14-31-2/h6-7,9-12,15,21-22H,5,8,13-14H2,1-4H3. The Morgan fingerprint density at radius 1 is 1.09 bits per heavy atom. The number of hydrogen-bond acceptors (Lipinski definition) is 7. The summed E-state index contributed by atoms with van der Waals surface area (Å²) >= 11 is 0. The van der Waals surface area contributed by atoms with Gasteiger partial charge in [0.05, 0.1) is 37.9 Å². The maximum Gasteiger partial charge on any atom is 0.321 e. The van der Waals surface area contributed by atoms with Crippen LogP contribution in [0.4, 0.5) is 5.95 Å². The third kappa shape index (κ3) is 4.07. The number of methoxy groups -OCH3 is 3. The van der Waals surface area contributed by atoms with Gasteiger partial charge in [-0.3, -0.25) is 14.5 Å². The van der Waals surface area contributed by atoms with Gasteiger partial charge in [0.15, 0.2) is 5.92 Å². The molecule has 0 aliphatic carbocycles. The van der Waals surface area contributed by atoms with Crippen LogP contribution in [0.15, 0.2) is 42.5 Å². The molecule has 2 unspecified atom stereocenters. The molecule has 34 heavy (non-hydrogen) atoms. The lowest BCUT2D eigenvalue weighted by molar-refractivity contribution is -0.153. The highest BCUT2D eigenvalue weighted by Crippen LogP contribution is 2.44. The summed E-state index contributed by atoms with van der Waals surface area (Å²) < 4.78 is 23.6. The van der Waals surface area contributed by atoms with Crippen molar-refractivity contribution in [2.75, 3.05) is 46.0 Å². The molecule has 0 fully saturated rings. The van der Waals surface area contributed by atoms with Crippen molar-refractivity contribution in [1.82, 2.24) is 9.55 Å². The average Bonchev–Trinajstić information content (AvgIpc) is 3.23. The second kappa shape index (κ2) is 10.1. The van der Waals surface area contributed by atoms with Crippen molar-refractivity contribution >= 4 is 28.9 Å². The molecule has 1 amide bonds. The van der Waals surface area contributed by atoms with Gasteiger partial charge in [-0.15, -0.1) is 0 Å².